The van der Waals surface area contributed by atoms with E-state index in [4.69, 9.17) is 22.7 Å². The van der Waals surface area contributed by atoms with Crippen LogP contribution in [0.2, 0.25) is 0 Å². The Morgan fingerprint density at radius 2 is 1.89 bits per heavy atom. The molecular weight excluding hydrogens is 248 g/mol. The van der Waals surface area contributed by atoms with Crippen molar-refractivity contribution in [2.24, 2.45) is 5.73 Å². The molecule has 0 saturated carbocycles. The molecule has 0 aromatic heterocycles. The second-order valence-corrected chi connectivity index (χ2v) is 4.56. The molecule has 0 aliphatic heterocycles. The molecule has 0 spiro atoms. The third-order valence-corrected chi connectivity index (χ3v) is 2.51. The van der Waals surface area contributed by atoms with Gasteiger partial charge in [0.25, 0.3) is 5.91 Å². The molecule has 0 atom stereocenters. The van der Waals surface area contributed by atoms with E-state index >= 15 is 0 Å². The predicted molar refractivity (Wildman–Crippen MR) is 75.8 cm³/mol. The molecule has 3 N–H and O–H groups in total. The van der Waals surface area contributed by atoms with E-state index < -0.39 is 0 Å². The Hall–Kier alpha value is -1.46. The SMILES string of the molecule is CC(C)OCCNC(=O)c1ccc(C(N)=S)cc1. The van der Waals surface area contributed by atoms with E-state index in [1.807, 2.05) is 13.8 Å². The van der Waals surface area contributed by atoms with Crippen molar-refractivity contribution in [2.45, 2.75) is 20.0 Å². The first kappa shape index (κ1) is 14.6. The molecule has 0 bridgehead atoms. The summed E-state index contributed by atoms with van der Waals surface area (Å²) >= 11 is 4.84. The molecule has 0 aliphatic rings. The first-order valence-electron chi connectivity index (χ1n) is 5.80. The van der Waals surface area contributed by atoms with Crippen molar-refractivity contribution in [1.82, 2.24) is 5.32 Å². The number of nitrogens with one attached hydrogen (secondary N) is 1. The van der Waals surface area contributed by atoms with E-state index in [0.717, 1.165) is 5.56 Å². The Morgan fingerprint density at radius 1 is 1.33 bits per heavy atom. The lowest BCUT2D eigenvalue weighted by atomic mass is 10.1. The highest BCUT2D eigenvalue weighted by atomic mass is 32.1. The minimum absolute atomic E-state index is 0.128. The maximum absolute atomic E-state index is 11.7. The lowest BCUT2D eigenvalue weighted by Gasteiger charge is -2.09. The average Bonchev–Trinajstić information content (AvgIpc) is 2.34. The normalized spacial score (nSPS) is 10.4. The van der Waals surface area contributed by atoms with E-state index in [1.165, 1.54) is 0 Å². The fraction of sp³-hybridized carbons (Fsp3) is 0.385. The molecule has 18 heavy (non-hydrogen) atoms. The number of hydrogen-bond donors (Lipinski definition) is 2. The van der Waals surface area contributed by atoms with E-state index in [1.54, 1.807) is 24.3 Å². The van der Waals surface area contributed by atoms with Gasteiger partial charge in [0.05, 0.1) is 12.7 Å². The first-order valence-corrected chi connectivity index (χ1v) is 6.21. The molecule has 0 heterocycles. The maximum Gasteiger partial charge on any atom is 0.251 e. The van der Waals surface area contributed by atoms with Crippen molar-refractivity contribution in [3.63, 3.8) is 0 Å². The average molecular weight is 266 g/mol. The Bertz CT molecular complexity index is 416. The molecule has 1 aromatic carbocycles. The zero-order valence-corrected chi connectivity index (χ0v) is 11.4. The summed E-state index contributed by atoms with van der Waals surface area (Å²) in [4.78, 5) is 12.1. The van der Waals surface area contributed by atoms with Gasteiger partial charge in [-0.25, -0.2) is 0 Å². The highest BCUT2D eigenvalue weighted by Crippen LogP contribution is 2.04. The van der Waals surface area contributed by atoms with Crippen LogP contribution in [0.3, 0.4) is 0 Å². The van der Waals surface area contributed by atoms with Crippen LogP contribution in [0.15, 0.2) is 24.3 Å². The van der Waals surface area contributed by atoms with Gasteiger partial charge >= 0.3 is 0 Å². The van der Waals surface area contributed by atoms with Crippen LogP contribution in [0.1, 0.15) is 29.8 Å². The summed E-state index contributed by atoms with van der Waals surface area (Å²) in [5.41, 5.74) is 6.82. The summed E-state index contributed by atoms with van der Waals surface area (Å²) in [6.07, 6.45) is 0.173. The molecule has 1 aromatic rings. The van der Waals surface area contributed by atoms with Crippen LogP contribution in [-0.2, 0) is 4.74 Å². The van der Waals surface area contributed by atoms with Crippen LogP contribution >= 0.6 is 12.2 Å². The molecule has 5 heteroatoms. The van der Waals surface area contributed by atoms with Gasteiger partial charge in [-0.05, 0) is 26.0 Å². The molecule has 4 nitrogen and oxygen atoms in total. The van der Waals surface area contributed by atoms with Gasteiger partial charge < -0.3 is 15.8 Å². The molecule has 0 unspecified atom stereocenters. The van der Waals surface area contributed by atoms with Gasteiger partial charge in [-0.1, -0.05) is 24.4 Å². The third kappa shape index (κ3) is 4.81. The van der Waals surface area contributed by atoms with E-state index in [9.17, 15) is 4.79 Å². The van der Waals surface area contributed by atoms with Crippen molar-refractivity contribution in [1.29, 1.82) is 0 Å². The Morgan fingerprint density at radius 3 is 2.39 bits per heavy atom. The van der Waals surface area contributed by atoms with Crippen molar-refractivity contribution < 1.29 is 9.53 Å². The number of nitrogens with two attached hydrogens (primary N) is 1. The molecular formula is C13H18N2O2S. The Kier molecular flexibility index (Phi) is 5.74. The summed E-state index contributed by atoms with van der Waals surface area (Å²) in [6, 6.07) is 6.88. The second kappa shape index (κ2) is 7.08. The lowest BCUT2D eigenvalue weighted by Crippen LogP contribution is -2.28. The van der Waals surface area contributed by atoms with E-state index in [-0.39, 0.29) is 12.0 Å². The van der Waals surface area contributed by atoms with Crippen molar-refractivity contribution >= 4 is 23.1 Å². The van der Waals surface area contributed by atoms with Gasteiger partial charge in [0.1, 0.15) is 4.99 Å². The standard InChI is InChI=1S/C13H18N2O2S/c1-9(2)17-8-7-15-13(16)11-5-3-10(4-6-11)12(14)18/h3-6,9H,7-8H2,1-2H3,(H2,14,18)(H,15,16). The number of rotatable bonds is 6. The first-order chi connectivity index (χ1) is 8.50. The highest BCUT2D eigenvalue weighted by Gasteiger charge is 2.05. The number of carbonyl (C=O) groups is 1. The Labute approximate surface area is 113 Å². The van der Waals surface area contributed by atoms with Crippen molar-refractivity contribution in [3.05, 3.63) is 35.4 Å². The van der Waals surface area contributed by atoms with Crippen LogP contribution in [0.5, 0.6) is 0 Å². The zero-order chi connectivity index (χ0) is 13.5. The second-order valence-electron chi connectivity index (χ2n) is 4.12. The highest BCUT2D eigenvalue weighted by molar-refractivity contribution is 7.80. The van der Waals surface area contributed by atoms with Crippen molar-refractivity contribution in [3.8, 4) is 0 Å². The fourth-order valence-electron chi connectivity index (χ4n) is 1.35. The van der Waals surface area contributed by atoms with Crippen LogP contribution in [0.4, 0.5) is 0 Å². The van der Waals surface area contributed by atoms with Gasteiger partial charge in [-0.3, -0.25) is 4.79 Å². The number of thiocarbonyl (C=S) groups is 1. The van der Waals surface area contributed by atoms with Gasteiger partial charge in [-0.2, -0.15) is 0 Å². The number of benzene rings is 1. The van der Waals surface area contributed by atoms with Gasteiger partial charge in [0.15, 0.2) is 0 Å². The quantitative estimate of drug-likeness (QED) is 0.604. The minimum Gasteiger partial charge on any atom is -0.389 e. The number of hydrogen-bond acceptors (Lipinski definition) is 3. The summed E-state index contributed by atoms with van der Waals surface area (Å²) < 4.78 is 5.33. The third-order valence-electron chi connectivity index (χ3n) is 2.27. The van der Waals surface area contributed by atoms with E-state index in [0.29, 0.717) is 23.7 Å². The number of amides is 1. The van der Waals surface area contributed by atoms with Crippen LogP contribution < -0.4 is 11.1 Å². The molecule has 98 valence electrons. The summed E-state index contributed by atoms with van der Waals surface area (Å²) in [5.74, 6) is -0.128. The maximum atomic E-state index is 11.7. The minimum atomic E-state index is -0.128. The van der Waals surface area contributed by atoms with Crippen molar-refractivity contribution in [2.75, 3.05) is 13.2 Å². The zero-order valence-electron chi connectivity index (χ0n) is 10.6. The predicted octanol–water partition coefficient (Wildman–Crippen LogP) is 1.48. The van der Waals surface area contributed by atoms with Gasteiger partial charge in [0, 0.05) is 17.7 Å². The molecule has 0 aliphatic carbocycles. The largest absolute Gasteiger partial charge is 0.389 e. The lowest BCUT2D eigenvalue weighted by molar-refractivity contribution is 0.0746. The summed E-state index contributed by atoms with van der Waals surface area (Å²) in [7, 11) is 0. The monoisotopic (exact) mass is 266 g/mol. The van der Waals surface area contributed by atoms with Crippen LogP contribution in [0.25, 0.3) is 0 Å². The number of ether oxygens (including phenoxy) is 1. The number of carbonyl (C=O) groups excluding carboxylic acids is 1. The molecule has 0 saturated heterocycles. The van der Waals surface area contributed by atoms with Crippen LogP contribution in [0, 0.1) is 0 Å². The smallest absolute Gasteiger partial charge is 0.251 e. The topological polar surface area (TPSA) is 64.3 Å². The molecule has 1 amide bonds. The molecule has 1 rings (SSSR count). The van der Waals surface area contributed by atoms with Crippen LogP contribution in [-0.4, -0.2) is 30.2 Å². The fourth-order valence-corrected chi connectivity index (χ4v) is 1.48. The molecule has 0 radical (unpaired) electrons. The van der Waals surface area contributed by atoms with Gasteiger partial charge in [-0.15, -0.1) is 0 Å². The summed E-state index contributed by atoms with van der Waals surface area (Å²) in [6.45, 7) is 4.91. The molecule has 0 fully saturated rings. The van der Waals surface area contributed by atoms with Gasteiger partial charge in [0.2, 0.25) is 0 Å². The van der Waals surface area contributed by atoms with E-state index in [2.05, 4.69) is 5.32 Å². The summed E-state index contributed by atoms with van der Waals surface area (Å²) in [5, 5.41) is 2.77. The Balaban J connectivity index is 2.44.